The standard InChI is InChI=1S/C12H12BrN3O2/c13-9-2-1-7(5-10(9)14)12-15-11(16-18-12)8-3-4-17-6-8/h1-2,5,8H,3-4,6,14H2. The van der Waals surface area contributed by atoms with Crippen molar-refractivity contribution < 1.29 is 9.26 Å². The lowest BCUT2D eigenvalue weighted by Gasteiger charge is -2.00. The minimum absolute atomic E-state index is 0.246. The summed E-state index contributed by atoms with van der Waals surface area (Å²) >= 11 is 3.35. The van der Waals surface area contributed by atoms with Crippen molar-refractivity contribution in [1.29, 1.82) is 0 Å². The zero-order valence-corrected chi connectivity index (χ0v) is 11.2. The monoisotopic (exact) mass is 309 g/mol. The van der Waals surface area contributed by atoms with Gasteiger partial charge in [0.15, 0.2) is 5.82 Å². The van der Waals surface area contributed by atoms with Gasteiger partial charge in [0.05, 0.1) is 6.61 Å². The molecule has 1 saturated heterocycles. The summed E-state index contributed by atoms with van der Waals surface area (Å²) in [5.74, 6) is 1.45. The van der Waals surface area contributed by atoms with Gasteiger partial charge in [-0.3, -0.25) is 0 Å². The Bertz CT molecular complexity index is 564. The number of hydrogen-bond acceptors (Lipinski definition) is 5. The van der Waals surface area contributed by atoms with Gasteiger partial charge in [-0.1, -0.05) is 5.16 Å². The van der Waals surface area contributed by atoms with Gasteiger partial charge in [-0.2, -0.15) is 4.98 Å². The molecule has 2 aromatic rings. The van der Waals surface area contributed by atoms with Crippen molar-refractivity contribution in [2.24, 2.45) is 0 Å². The number of aromatic nitrogens is 2. The number of anilines is 1. The molecule has 2 heterocycles. The number of hydrogen-bond donors (Lipinski definition) is 1. The molecule has 0 bridgehead atoms. The molecule has 5 nitrogen and oxygen atoms in total. The van der Waals surface area contributed by atoms with Gasteiger partial charge in [-0.25, -0.2) is 0 Å². The van der Waals surface area contributed by atoms with Crippen LogP contribution < -0.4 is 5.73 Å². The average molecular weight is 310 g/mol. The Morgan fingerprint density at radius 2 is 2.28 bits per heavy atom. The summed E-state index contributed by atoms with van der Waals surface area (Å²) in [5, 5.41) is 4.01. The van der Waals surface area contributed by atoms with Gasteiger partial charge in [0.25, 0.3) is 5.89 Å². The van der Waals surface area contributed by atoms with Crippen molar-refractivity contribution >= 4 is 21.6 Å². The average Bonchev–Trinajstić information content (AvgIpc) is 3.01. The molecule has 1 aliphatic heterocycles. The molecular formula is C12H12BrN3O2. The SMILES string of the molecule is Nc1cc(-c2nc(C3CCOC3)no2)ccc1Br. The number of nitrogen functional groups attached to an aromatic ring is 1. The summed E-state index contributed by atoms with van der Waals surface area (Å²) in [7, 11) is 0. The number of nitrogens with two attached hydrogens (primary N) is 1. The fourth-order valence-electron chi connectivity index (χ4n) is 1.93. The van der Waals surface area contributed by atoms with E-state index in [0.717, 1.165) is 23.1 Å². The van der Waals surface area contributed by atoms with Crippen LogP contribution in [0.2, 0.25) is 0 Å². The van der Waals surface area contributed by atoms with Crippen LogP contribution >= 0.6 is 15.9 Å². The first-order valence-corrected chi connectivity index (χ1v) is 6.50. The highest BCUT2D eigenvalue weighted by molar-refractivity contribution is 9.10. The smallest absolute Gasteiger partial charge is 0.258 e. The van der Waals surface area contributed by atoms with Crippen LogP contribution in [0.3, 0.4) is 0 Å². The Morgan fingerprint density at radius 1 is 1.39 bits per heavy atom. The third-order valence-electron chi connectivity index (χ3n) is 2.98. The number of halogens is 1. The third kappa shape index (κ3) is 2.13. The predicted molar refractivity (Wildman–Crippen MR) is 70.0 cm³/mol. The minimum Gasteiger partial charge on any atom is -0.398 e. The number of nitrogens with zero attached hydrogens (tertiary/aromatic N) is 2. The number of benzene rings is 1. The summed E-state index contributed by atoms with van der Waals surface area (Å²) in [6.45, 7) is 1.43. The maximum atomic E-state index is 5.83. The van der Waals surface area contributed by atoms with E-state index in [2.05, 4.69) is 26.1 Å². The predicted octanol–water partition coefficient (Wildman–Crippen LogP) is 2.59. The Morgan fingerprint density at radius 3 is 3.00 bits per heavy atom. The van der Waals surface area contributed by atoms with Crippen LogP contribution in [0, 0.1) is 0 Å². The van der Waals surface area contributed by atoms with Crippen LogP contribution in [-0.4, -0.2) is 23.4 Å². The normalized spacial score (nSPS) is 19.3. The maximum Gasteiger partial charge on any atom is 0.258 e. The molecule has 0 amide bonds. The summed E-state index contributed by atoms with van der Waals surface area (Å²) in [6.07, 6.45) is 0.946. The van der Waals surface area contributed by atoms with Gasteiger partial charge in [0, 0.05) is 28.2 Å². The molecule has 18 heavy (non-hydrogen) atoms. The van der Waals surface area contributed by atoms with E-state index in [1.807, 2.05) is 18.2 Å². The summed E-state index contributed by atoms with van der Waals surface area (Å²) in [4.78, 5) is 4.40. The molecule has 1 aromatic carbocycles. The van der Waals surface area contributed by atoms with E-state index in [4.69, 9.17) is 15.0 Å². The lowest BCUT2D eigenvalue weighted by molar-refractivity contribution is 0.192. The Balaban J connectivity index is 1.89. The lowest BCUT2D eigenvalue weighted by atomic mass is 10.1. The molecule has 1 aliphatic rings. The first-order chi connectivity index (χ1) is 8.74. The van der Waals surface area contributed by atoms with E-state index in [9.17, 15) is 0 Å². The van der Waals surface area contributed by atoms with Crippen LogP contribution in [0.15, 0.2) is 27.2 Å². The fourth-order valence-corrected chi connectivity index (χ4v) is 2.18. The molecule has 0 saturated carbocycles. The van der Waals surface area contributed by atoms with Gasteiger partial charge < -0.3 is 15.0 Å². The Kier molecular flexibility index (Phi) is 3.05. The molecule has 1 aromatic heterocycles. The van der Waals surface area contributed by atoms with Crippen LogP contribution in [0.25, 0.3) is 11.5 Å². The second-order valence-electron chi connectivity index (χ2n) is 4.25. The zero-order valence-electron chi connectivity index (χ0n) is 9.60. The Labute approximate surface area is 112 Å². The molecule has 3 rings (SSSR count). The molecule has 6 heteroatoms. The van der Waals surface area contributed by atoms with E-state index in [-0.39, 0.29) is 5.92 Å². The van der Waals surface area contributed by atoms with Gasteiger partial charge in [-0.15, -0.1) is 0 Å². The van der Waals surface area contributed by atoms with E-state index in [1.165, 1.54) is 0 Å². The van der Waals surface area contributed by atoms with Crippen LogP contribution in [0.4, 0.5) is 5.69 Å². The van der Waals surface area contributed by atoms with E-state index in [1.54, 1.807) is 0 Å². The molecule has 1 fully saturated rings. The molecule has 94 valence electrons. The molecule has 0 radical (unpaired) electrons. The molecule has 1 atom stereocenters. The molecule has 0 aliphatic carbocycles. The van der Waals surface area contributed by atoms with Crippen molar-refractivity contribution in [2.75, 3.05) is 18.9 Å². The quantitative estimate of drug-likeness (QED) is 0.863. The molecular weight excluding hydrogens is 298 g/mol. The molecule has 2 N–H and O–H groups in total. The maximum absolute atomic E-state index is 5.83. The largest absolute Gasteiger partial charge is 0.398 e. The highest BCUT2D eigenvalue weighted by Crippen LogP contribution is 2.28. The lowest BCUT2D eigenvalue weighted by Crippen LogP contribution is -1.99. The van der Waals surface area contributed by atoms with Crippen molar-refractivity contribution in [3.05, 3.63) is 28.5 Å². The fraction of sp³-hybridized carbons (Fsp3) is 0.333. The summed E-state index contributed by atoms with van der Waals surface area (Å²) in [6, 6.07) is 5.57. The first kappa shape index (κ1) is 11.7. The van der Waals surface area contributed by atoms with E-state index < -0.39 is 0 Å². The van der Waals surface area contributed by atoms with Crippen LogP contribution in [0.1, 0.15) is 18.2 Å². The highest BCUT2D eigenvalue weighted by Gasteiger charge is 2.23. The Hall–Kier alpha value is -1.40. The van der Waals surface area contributed by atoms with E-state index >= 15 is 0 Å². The summed E-state index contributed by atoms with van der Waals surface area (Å²) in [5.41, 5.74) is 7.31. The minimum atomic E-state index is 0.246. The van der Waals surface area contributed by atoms with Crippen molar-refractivity contribution in [3.8, 4) is 11.5 Å². The second-order valence-corrected chi connectivity index (χ2v) is 5.11. The van der Waals surface area contributed by atoms with Crippen molar-refractivity contribution in [1.82, 2.24) is 10.1 Å². The van der Waals surface area contributed by atoms with Gasteiger partial charge >= 0.3 is 0 Å². The van der Waals surface area contributed by atoms with Crippen LogP contribution in [-0.2, 0) is 4.74 Å². The number of rotatable bonds is 2. The molecule has 0 spiro atoms. The highest BCUT2D eigenvalue weighted by atomic mass is 79.9. The zero-order chi connectivity index (χ0) is 12.5. The van der Waals surface area contributed by atoms with Crippen molar-refractivity contribution in [2.45, 2.75) is 12.3 Å². The third-order valence-corrected chi connectivity index (χ3v) is 3.70. The topological polar surface area (TPSA) is 74.2 Å². The second kappa shape index (κ2) is 4.70. The van der Waals surface area contributed by atoms with Gasteiger partial charge in [-0.05, 0) is 40.5 Å². The van der Waals surface area contributed by atoms with Gasteiger partial charge in [0.1, 0.15) is 0 Å². The van der Waals surface area contributed by atoms with Gasteiger partial charge in [0.2, 0.25) is 0 Å². The first-order valence-electron chi connectivity index (χ1n) is 5.71. The van der Waals surface area contributed by atoms with Crippen molar-refractivity contribution in [3.63, 3.8) is 0 Å². The van der Waals surface area contributed by atoms with E-state index in [0.29, 0.717) is 24.0 Å². The van der Waals surface area contributed by atoms with Crippen LogP contribution in [0.5, 0.6) is 0 Å². The molecule has 1 unspecified atom stereocenters. The number of ether oxygens (including phenoxy) is 1. The summed E-state index contributed by atoms with van der Waals surface area (Å²) < 4.78 is 11.4.